The summed E-state index contributed by atoms with van der Waals surface area (Å²) < 4.78 is 18.3. The van der Waals surface area contributed by atoms with E-state index >= 15 is 0 Å². The molecule has 0 saturated carbocycles. The SMILES string of the molecule is C[C@H](O)c1c(-c2ccc(F)cc2)noc1C(=O)NCc1ccncc1. The summed E-state index contributed by atoms with van der Waals surface area (Å²) >= 11 is 0. The first kappa shape index (κ1) is 16.8. The number of carbonyl (C=O) groups is 1. The van der Waals surface area contributed by atoms with Crippen molar-refractivity contribution in [3.8, 4) is 11.3 Å². The fraction of sp³-hybridized carbons (Fsp3) is 0.167. The quantitative estimate of drug-likeness (QED) is 0.745. The second-order valence-electron chi connectivity index (χ2n) is 5.49. The fourth-order valence-electron chi connectivity index (χ4n) is 2.43. The Hall–Kier alpha value is -3.06. The number of nitrogens with one attached hydrogen (secondary N) is 1. The van der Waals surface area contributed by atoms with Crippen molar-refractivity contribution in [2.75, 3.05) is 0 Å². The lowest BCUT2D eigenvalue weighted by molar-refractivity contribution is 0.0905. The van der Waals surface area contributed by atoms with Gasteiger partial charge in [-0.25, -0.2) is 4.39 Å². The Morgan fingerprint density at radius 1 is 1.24 bits per heavy atom. The van der Waals surface area contributed by atoms with Gasteiger partial charge in [0.05, 0.1) is 11.7 Å². The molecule has 0 fully saturated rings. The molecule has 2 aromatic heterocycles. The summed E-state index contributed by atoms with van der Waals surface area (Å²) in [5, 5.41) is 16.7. The topological polar surface area (TPSA) is 88.2 Å². The number of aromatic nitrogens is 2. The van der Waals surface area contributed by atoms with Gasteiger partial charge in [-0.2, -0.15) is 0 Å². The van der Waals surface area contributed by atoms with Gasteiger partial charge >= 0.3 is 0 Å². The zero-order chi connectivity index (χ0) is 17.8. The molecule has 0 aliphatic carbocycles. The molecule has 3 rings (SSSR count). The molecule has 1 atom stereocenters. The van der Waals surface area contributed by atoms with Crippen LogP contribution in [0, 0.1) is 5.82 Å². The molecule has 2 heterocycles. The smallest absolute Gasteiger partial charge is 0.290 e. The first-order valence-electron chi connectivity index (χ1n) is 7.67. The van der Waals surface area contributed by atoms with E-state index < -0.39 is 12.0 Å². The van der Waals surface area contributed by atoms with Crippen LogP contribution in [0.25, 0.3) is 11.3 Å². The number of hydrogen-bond acceptors (Lipinski definition) is 5. The summed E-state index contributed by atoms with van der Waals surface area (Å²) in [6.45, 7) is 1.80. The van der Waals surface area contributed by atoms with E-state index in [0.29, 0.717) is 11.3 Å². The van der Waals surface area contributed by atoms with Crippen LogP contribution in [-0.4, -0.2) is 21.2 Å². The highest BCUT2D eigenvalue weighted by atomic mass is 19.1. The molecular formula is C18H16FN3O3. The highest BCUT2D eigenvalue weighted by Gasteiger charge is 2.26. The van der Waals surface area contributed by atoms with E-state index in [0.717, 1.165) is 5.56 Å². The van der Waals surface area contributed by atoms with Crippen LogP contribution in [0.4, 0.5) is 4.39 Å². The molecule has 0 radical (unpaired) electrons. The number of hydrogen-bond donors (Lipinski definition) is 2. The number of pyridine rings is 1. The average Bonchev–Trinajstić information content (AvgIpc) is 3.06. The third-order valence-corrected chi connectivity index (χ3v) is 3.67. The van der Waals surface area contributed by atoms with Crippen molar-refractivity contribution in [2.24, 2.45) is 0 Å². The number of halogens is 1. The third-order valence-electron chi connectivity index (χ3n) is 3.67. The zero-order valence-electron chi connectivity index (χ0n) is 13.4. The van der Waals surface area contributed by atoms with Crippen molar-refractivity contribution in [1.29, 1.82) is 0 Å². The van der Waals surface area contributed by atoms with Crippen LogP contribution in [-0.2, 0) is 6.54 Å². The second kappa shape index (κ2) is 7.23. The predicted molar refractivity (Wildman–Crippen MR) is 87.9 cm³/mol. The van der Waals surface area contributed by atoms with Crippen LogP contribution >= 0.6 is 0 Å². The minimum Gasteiger partial charge on any atom is -0.388 e. The molecule has 0 aliphatic heterocycles. The van der Waals surface area contributed by atoms with Crippen LogP contribution in [0.15, 0.2) is 53.3 Å². The van der Waals surface area contributed by atoms with E-state index in [1.807, 2.05) is 0 Å². The molecule has 0 saturated heterocycles. The highest BCUT2D eigenvalue weighted by Crippen LogP contribution is 2.30. The van der Waals surface area contributed by atoms with Gasteiger partial charge in [0.2, 0.25) is 5.76 Å². The van der Waals surface area contributed by atoms with Crippen LogP contribution < -0.4 is 5.32 Å². The van der Waals surface area contributed by atoms with Gasteiger partial charge in [0.1, 0.15) is 11.5 Å². The molecule has 3 aromatic rings. The fourth-order valence-corrected chi connectivity index (χ4v) is 2.43. The van der Waals surface area contributed by atoms with Crippen molar-refractivity contribution in [3.05, 3.63) is 71.5 Å². The molecule has 1 amide bonds. The lowest BCUT2D eigenvalue weighted by Crippen LogP contribution is -2.23. The Balaban J connectivity index is 1.86. The van der Waals surface area contributed by atoms with Gasteiger partial charge in [-0.15, -0.1) is 0 Å². The standard InChI is InChI=1S/C18H16FN3O3/c1-11(23)15-16(13-2-4-14(19)5-3-13)22-25-17(15)18(24)21-10-12-6-8-20-9-7-12/h2-9,11,23H,10H2,1H3,(H,21,24)/t11-/m0/s1. The van der Waals surface area contributed by atoms with Crippen molar-refractivity contribution in [2.45, 2.75) is 19.6 Å². The molecule has 25 heavy (non-hydrogen) atoms. The first-order chi connectivity index (χ1) is 12.1. The van der Waals surface area contributed by atoms with Crippen molar-refractivity contribution in [3.63, 3.8) is 0 Å². The summed E-state index contributed by atoms with van der Waals surface area (Å²) in [6.07, 6.45) is 2.28. The monoisotopic (exact) mass is 341 g/mol. The van der Waals surface area contributed by atoms with Crippen LogP contribution in [0.1, 0.15) is 34.7 Å². The summed E-state index contributed by atoms with van der Waals surface area (Å²) in [4.78, 5) is 16.3. The number of aliphatic hydroxyl groups excluding tert-OH is 1. The van der Waals surface area contributed by atoms with E-state index in [-0.39, 0.29) is 23.7 Å². The van der Waals surface area contributed by atoms with E-state index in [1.165, 1.54) is 31.2 Å². The third kappa shape index (κ3) is 3.72. The maximum atomic E-state index is 13.1. The Morgan fingerprint density at radius 2 is 1.92 bits per heavy atom. The lowest BCUT2D eigenvalue weighted by Gasteiger charge is -2.08. The molecule has 1 aromatic carbocycles. The molecule has 7 heteroatoms. The van der Waals surface area contributed by atoms with Crippen molar-refractivity contribution < 1.29 is 18.8 Å². The number of nitrogens with zero attached hydrogens (tertiary/aromatic N) is 2. The number of aliphatic hydroxyl groups is 1. The molecule has 0 aliphatic rings. The highest BCUT2D eigenvalue weighted by molar-refractivity contribution is 5.94. The average molecular weight is 341 g/mol. The summed E-state index contributed by atoms with van der Waals surface area (Å²) in [6, 6.07) is 9.13. The minimum absolute atomic E-state index is 0.0663. The second-order valence-corrected chi connectivity index (χ2v) is 5.49. The molecule has 0 unspecified atom stereocenters. The van der Waals surface area contributed by atoms with E-state index in [1.54, 1.807) is 24.5 Å². The number of carbonyl (C=O) groups excluding carboxylic acids is 1. The van der Waals surface area contributed by atoms with Gasteiger partial charge in [0.25, 0.3) is 5.91 Å². The summed E-state index contributed by atoms with van der Waals surface area (Å²) in [5.74, 6) is -0.946. The van der Waals surface area contributed by atoms with Crippen molar-refractivity contribution in [1.82, 2.24) is 15.5 Å². The Kier molecular flexibility index (Phi) is 4.85. The Morgan fingerprint density at radius 3 is 2.56 bits per heavy atom. The first-order valence-corrected chi connectivity index (χ1v) is 7.67. The van der Waals surface area contributed by atoms with E-state index in [2.05, 4.69) is 15.5 Å². The van der Waals surface area contributed by atoms with Crippen LogP contribution in [0.2, 0.25) is 0 Å². The van der Waals surface area contributed by atoms with Crippen molar-refractivity contribution >= 4 is 5.91 Å². The van der Waals surface area contributed by atoms with E-state index in [9.17, 15) is 14.3 Å². The maximum absolute atomic E-state index is 13.1. The van der Waals surface area contributed by atoms with E-state index in [4.69, 9.17) is 4.52 Å². The Bertz CT molecular complexity index is 861. The summed E-state index contributed by atoms with van der Waals surface area (Å²) in [5.41, 5.74) is 2.00. The zero-order valence-corrected chi connectivity index (χ0v) is 13.4. The largest absolute Gasteiger partial charge is 0.388 e. The molecule has 128 valence electrons. The van der Waals surface area contributed by atoms with Gasteiger partial charge < -0.3 is 14.9 Å². The van der Waals surface area contributed by atoms with Gasteiger partial charge in [-0.05, 0) is 48.9 Å². The number of rotatable bonds is 5. The summed E-state index contributed by atoms with van der Waals surface area (Å²) in [7, 11) is 0. The van der Waals surface area contributed by atoms with Gasteiger partial charge in [-0.1, -0.05) is 5.16 Å². The molecular weight excluding hydrogens is 325 g/mol. The van der Waals surface area contributed by atoms with Gasteiger partial charge in [-0.3, -0.25) is 9.78 Å². The maximum Gasteiger partial charge on any atom is 0.290 e. The van der Waals surface area contributed by atoms with Crippen LogP contribution in [0.3, 0.4) is 0 Å². The number of benzene rings is 1. The minimum atomic E-state index is -0.979. The molecule has 0 spiro atoms. The lowest BCUT2D eigenvalue weighted by atomic mass is 10.0. The van der Waals surface area contributed by atoms with Gasteiger partial charge in [0, 0.05) is 24.5 Å². The van der Waals surface area contributed by atoms with Gasteiger partial charge in [0.15, 0.2) is 0 Å². The molecule has 6 nitrogen and oxygen atoms in total. The number of amides is 1. The Labute approximate surface area is 143 Å². The molecule has 0 bridgehead atoms. The predicted octanol–water partition coefficient (Wildman–Crippen LogP) is 2.86. The van der Waals surface area contributed by atoms with Crippen LogP contribution in [0.5, 0.6) is 0 Å². The molecule has 2 N–H and O–H groups in total. The normalized spacial score (nSPS) is 12.0.